The first kappa shape index (κ1) is 14.5. The molecule has 4 heteroatoms. The molecule has 1 aromatic rings. The van der Waals surface area contributed by atoms with E-state index in [0.717, 1.165) is 32.8 Å². The molecule has 1 aromatic carbocycles. The minimum Gasteiger partial charge on any atom is -0.374 e. The molecule has 1 aliphatic carbocycles. The molecule has 0 radical (unpaired) electrons. The molecule has 2 atom stereocenters. The molecule has 20 heavy (non-hydrogen) atoms. The summed E-state index contributed by atoms with van der Waals surface area (Å²) in [5.41, 5.74) is 2.94. The fourth-order valence-electron chi connectivity index (χ4n) is 3.29. The number of rotatable bonds is 4. The number of morpholine rings is 1. The Hall–Kier alpha value is -0.420. The van der Waals surface area contributed by atoms with Crippen LogP contribution in [0.3, 0.4) is 0 Å². The third-order valence-corrected chi connectivity index (χ3v) is 5.22. The lowest BCUT2D eigenvalue weighted by Gasteiger charge is -2.32. The first-order chi connectivity index (χ1) is 9.78. The van der Waals surface area contributed by atoms with Gasteiger partial charge in [0.15, 0.2) is 0 Å². The second kappa shape index (κ2) is 6.56. The van der Waals surface area contributed by atoms with Crippen LogP contribution in [0.2, 0.25) is 0 Å². The van der Waals surface area contributed by atoms with Crippen LogP contribution in [0.1, 0.15) is 30.5 Å². The van der Waals surface area contributed by atoms with Crippen LogP contribution in [0.4, 0.5) is 0 Å². The molecule has 1 fully saturated rings. The summed E-state index contributed by atoms with van der Waals surface area (Å²) in [5, 5.41) is 3.71. The first-order valence-electron chi connectivity index (χ1n) is 7.62. The van der Waals surface area contributed by atoms with E-state index < -0.39 is 0 Å². The first-order valence-corrected chi connectivity index (χ1v) is 8.42. The zero-order valence-electron chi connectivity index (χ0n) is 12.1. The van der Waals surface area contributed by atoms with Crippen molar-refractivity contribution in [3.05, 3.63) is 33.8 Å². The molecule has 0 amide bonds. The van der Waals surface area contributed by atoms with E-state index >= 15 is 0 Å². The Bertz CT molecular complexity index is 466. The Morgan fingerprint density at radius 1 is 1.45 bits per heavy atom. The largest absolute Gasteiger partial charge is 0.374 e. The Labute approximate surface area is 129 Å². The Morgan fingerprint density at radius 3 is 3.20 bits per heavy atom. The molecule has 0 spiro atoms. The quantitative estimate of drug-likeness (QED) is 0.913. The molecule has 1 heterocycles. The molecule has 1 saturated heterocycles. The van der Waals surface area contributed by atoms with Crippen LogP contribution in [-0.2, 0) is 11.2 Å². The van der Waals surface area contributed by atoms with E-state index in [1.54, 1.807) is 0 Å². The minimum atomic E-state index is 0.333. The lowest BCUT2D eigenvalue weighted by Crippen LogP contribution is -2.46. The van der Waals surface area contributed by atoms with Gasteiger partial charge in [-0.1, -0.05) is 35.0 Å². The SMILES string of the molecule is CCN1CCOC(CNC2CCc3c(Br)cccc32)C1. The molecular weight excluding hydrogens is 316 g/mol. The molecule has 2 unspecified atom stereocenters. The van der Waals surface area contributed by atoms with Crippen LogP contribution in [0, 0.1) is 0 Å². The van der Waals surface area contributed by atoms with Crippen molar-refractivity contribution in [2.75, 3.05) is 32.8 Å². The smallest absolute Gasteiger partial charge is 0.0826 e. The number of nitrogens with zero attached hydrogens (tertiary/aromatic N) is 1. The van der Waals surface area contributed by atoms with Gasteiger partial charge in [0, 0.05) is 30.1 Å². The Kier molecular flexibility index (Phi) is 4.76. The average Bonchev–Trinajstić information content (AvgIpc) is 2.90. The maximum atomic E-state index is 5.87. The van der Waals surface area contributed by atoms with Gasteiger partial charge in [0.05, 0.1) is 12.7 Å². The van der Waals surface area contributed by atoms with Gasteiger partial charge in [0.25, 0.3) is 0 Å². The van der Waals surface area contributed by atoms with Crippen molar-refractivity contribution in [3.63, 3.8) is 0 Å². The molecule has 1 aliphatic heterocycles. The van der Waals surface area contributed by atoms with E-state index in [1.165, 1.54) is 28.4 Å². The van der Waals surface area contributed by atoms with Crippen LogP contribution in [0.5, 0.6) is 0 Å². The molecule has 0 bridgehead atoms. The zero-order valence-corrected chi connectivity index (χ0v) is 13.7. The van der Waals surface area contributed by atoms with Crippen molar-refractivity contribution in [2.45, 2.75) is 31.9 Å². The molecule has 3 nitrogen and oxygen atoms in total. The van der Waals surface area contributed by atoms with Crippen LogP contribution >= 0.6 is 15.9 Å². The van der Waals surface area contributed by atoms with Gasteiger partial charge in [0.2, 0.25) is 0 Å². The number of hydrogen-bond acceptors (Lipinski definition) is 3. The highest BCUT2D eigenvalue weighted by Gasteiger charge is 2.25. The van der Waals surface area contributed by atoms with Crippen molar-refractivity contribution < 1.29 is 4.74 Å². The second-order valence-corrected chi connectivity index (χ2v) is 6.55. The van der Waals surface area contributed by atoms with Gasteiger partial charge >= 0.3 is 0 Å². The summed E-state index contributed by atoms with van der Waals surface area (Å²) in [4.78, 5) is 2.47. The lowest BCUT2D eigenvalue weighted by atomic mass is 10.1. The van der Waals surface area contributed by atoms with Gasteiger partial charge in [-0.05, 0) is 36.6 Å². The van der Waals surface area contributed by atoms with E-state index in [4.69, 9.17) is 4.74 Å². The summed E-state index contributed by atoms with van der Waals surface area (Å²) in [6.07, 6.45) is 2.70. The van der Waals surface area contributed by atoms with E-state index in [2.05, 4.69) is 51.3 Å². The highest BCUT2D eigenvalue weighted by molar-refractivity contribution is 9.10. The van der Waals surface area contributed by atoms with Crippen LogP contribution in [0.15, 0.2) is 22.7 Å². The fourth-order valence-corrected chi connectivity index (χ4v) is 3.87. The topological polar surface area (TPSA) is 24.5 Å². The second-order valence-electron chi connectivity index (χ2n) is 5.69. The highest BCUT2D eigenvalue weighted by atomic mass is 79.9. The monoisotopic (exact) mass is 338 g/mol. The summed E-state index contributed by atoms with van der Waals surface area (Å²) >= 11 is 3.66. The van der Waals surface area contributed by atoms with Crippen LogP contribution in [0.25, 0.3) is 0 Å². The molecule has 3 rings (SSSR count). The predicted molar refractivity (Wildman–Crippen MR) is 85.1 cm³/mol. The number of halogens is 1. The van der Waals surface area contributed by atoms with Gasteiger partial charge in [-0.25, -0.2) is 0 Å². The number of benzene rings is 1. The summed E-state index contributed by atoms with van der Waals surface area (Å²) in [6.45, 7) is 7.30. The third-order valence-electron chi connectivity index (χ3n) is 4.48. The standard InChI is InChI=1S/C16H23BrN2O/c1-2-19-8-9-20-12(11-19)10-18-16-7-6-13-14(16)4-3-5-15(13)17/h3-5,12,16,18H,2,6-11H2,1H3. The Morgan fingerprint density at radius 2 is 2.35 bits per heavy atom. The van der Waals surface area contributed by atoms with E-state index in [-0.39, 0.29) is 0 Å². The van der Waals surface area contributed by atoms with Crippen molar-refractivity contribution >= 4 is 15.9 Å². The predicted octanol–water partition coefficient (Wildman–Crippen LogP) is 2.75. The van der Waals surface area contributed by atoms with Gasteiger partial charge in [0.1, 0.15) is 0 Å². The number of ether oxygens (including phenoxy) is 1. The summed E-state index contributed by atoms with van der Waals surface area (Å²) < 4.78 is 7.12. The summed E-state index contributed by atoms with van der Waals surface area (Å²) in [7, 11) is 0. The van der Waals surface area contributed by atoms with Gasteiger partial charge < -0.3 is 10.1 Å². The molecule has 0 aromatic heterocycles. The number of hydrogen-bond donors (Lipinski definition) is 1. The fraction of sp³-hybridized carbons (Fsp3) is 0.625. The van der Waals surface area contributed by atoms with E-state index in [9.17, 15) is 0 Å². The summed E-state index contributed by atoms with van der Waals surface area (Å²) in [5.74, 6) is 0. The molecule has 0 saturated carbocycles. The highest BCUT2D eigenvalue weighted by Crippen LogP contribution is 2.35. The van der Waals surface area contributed by atoms with Crippen molar-refractivity contribution in [2.24, 2.45) is 0 Å². The van der Waals surface area contributed by atoms with E-state index in [1.807, 2.05) is 0 Å². The molecule has 1 N–H and O–H groups in total. The molecular formula is C16H23BrN2O. The average molecular weight is 339 g/mol. The van der Waals surface area contributed by atoms with Crippen molar-refractivity contribution in [1.82, 2.24) is 10.2 Å². The zero-order chi connectivity index (χ0) is 13.9. The number of likely N-dealkylation sites (N-methyl/N-ethyl adjacent to an activating group) is 1. The number of nitrogens with one attached hydrogen (secondary N) is 1. The maximum absolute atomic E-state index is 5.87. The maximum Gasteiger partial charge on any atom is 0.0826 e. The summed E-state index contributed by atoms with van der Waals surface area (Å²) in [6, 6.07) is 7.02. The molecule has 2 aliphatic rings. The minimum absolute atomic E-state index is 0.333. The number of fused-ring (bicyclic) bond motifs is 1. The van der Waals surface area contributed by atoms with Gasteiger partial charge in [-0.2, -0.15) is 0 Å². The van der Waals surface area contributed by atoms with Crippen molar-refractivity contribution in [3.8, 4) is 0 Å². The van der Waals surface area contributed by atoms with Gasteiger partial charge in [-0.15, -0.1) is 0 Å². The Balaban J connectivity index is 1.57. The van der Waals surface area contributed by atoms with Crippen LogP contribution in [-0.4, -0.2) is 43.8 Å². The van der Waals surface area contributed by atoms with Crippen molar-refractivity contribution in [1.29, 1.82) is 0 Å². The third kappa shape index (κ3) is 3.08. The lowest BCUT2D eigenvalue weighted by molar-refractivity contribution is -0.0263. The van der Waals surface area contributed by atoms with Crippen LogP contribution < -0.4 is 5.32 Å². The molecule has 110 valence electrons. The van der Waals surface area contributed by atoms with Gasteiger partial charge in [-0.3, -0.25) is 4.90 Å². The van der Waals surface area contributed by atoms with E-state index in [0.29, 0.717) is 12.1 Å². The normalized spacial score (nSPS) is 26.7.